The molecule has 1 aromatic carbocycles. The number of rotatable bonds is 6. The molecule has 0 radical (unpaired) electrons. The fourth-order valence-electron chi connectivity index (χ4n) is 1.40. The lowest BCUT2D eigenvalue weighted by Crippen LogP contribution is -2.27. The molecule has 1 N–H and O–H groups in total. The summed E-state index contributed by atoms with van der Waals surface area (Å²) in [5, 5.41) is 2.56. The van der Waals surface area contributed by atoms with Gasteiger partial charge in [0.1, 0.15) is 15.7 Å². The summed E-state index contributed by atoms with van der Waals surface area (Å²) in [6.07, 6.45) is 1.41. The molecule has 0 aliphatic rings. The number of hydrogen-bond acceptors (Lipinski definition) is 3. The van der Waals surface area contributed by atoms with Gasteiger partial charge in [0.05, 0.1) is 5.75 Å². The summed E-state index contributed by atoms with van der Waals surface area (Å²) in [4.78, 5) is 11.3. The average molecular weight is 273 g/mol. The van der Waals surface area contributed by atoms with E-state index < -0.39 is 9.84 Å². The van der Waals surface area contributed by atoms with Gasteiger partial charge in [-0.15, -0.1) is 0 Å². The Balaban J connectivity index is 2.30. The maximum atomic E-state index is 13.2. The standard InChI is InChI=1S/C12H16FNO3S/c1-18(16,17)9-7-12(15)14-8-6-10-4-2-3-5-11(10)13/h2-5H,6-9H2,1H3,(H,14,15). The molecular formula is C12H16FNO3S. The number of nitrogens with one attached hydrogen (secondary N) is 1. The van der Waals surface area contributed by atoms with Gasteiger partial charge in [0.2, 0.25) is 5.91 Å². The molecule has 0 atom stereocenters. The van der Waals surface area contributed by atoms with Crippen molar-refractivity contribution in [3.8, 4) is 0 Å². The second kappa shape index (κ2) is 6.49. The van der Waals surface area contributed by atoms with Crippen molar-refractivity contribution in [1.29, 1.82) is 0 Å². The van der Waals surface area contributed by atoms with E-state index in [9.17, 15) is 17.6 Å². The Kier molecular flexibility index (Phi) is 5.27. The van der Waals surface area contributed by atoms with Crippen LogP contribution in [0.4, 0.5) is 4.39 Å². The van der Waals surface area contributed by atoms with E-state index in [0.29, 0.717) is 18.5 Å². The molecule has 1 aromatic rings. The minimum atomic E-state index is -3.12. The first-order chi connectivity index (χ1) is 8.38. The smallest absolute Gasteiger partial charge is 0.221 e. The summed E-state index contributed by atoms with van der Waals surface area (Å²) in [6.45, 7) is 0.295. The van der Waals surface area contributed by atoms with Crippen LogP contribution in [0, 0.1) is 5.82 Å². The summed E-state index contributed by atoms with van der Waals surface area (Å²) in [6, 6.07) is 6.34. The van der Waals surface area contributed by atoms with Crippen LogP contribution in [0.2, 0.25) is 0 Å². The molecule has 100 valence electrons. The Bertz CT molecular complexity index is 514. The highest BCUT2D eigenvalue weighted by atomic mass is 32.2. The van der Waals surface area contributed by atoms with Crippen molar-refractivity contribution < 1.29 is 17.6 Å². The second-order valence-corrected chi connectivity index (χ2v) is 6.33. The quantitative estimate of drug-likeness (QED) is 0.838. The van der Waals surface area contributed by atoms with E-state index >= 15 is 0 Å². The first-order valence-electron chi connectivity index (χ1n) is 5.56. The zero-order chi connectivity index (χ0) is 13.6. The van der Waals surface area contributed by atoms with Gasteiger partial charge in [-0.2, -0.15) is 0 Å². The molecule has 0 bridgehead atoms. The molecule has 0 aliphatic heterocycles. The highest BCUT2D eigenvalue weighted by molar-refractivity contribution is 7.90. The molecule has 0 unspecified atom stereocenters. The van der Waals surface area contributed by atoms with E-state index in [2.05, 4.69) is 5.32 Å². The van der Waals surface area contributed by atoms with Gasteiger partial charge < -0.3 is 5.32 Å². The van der Waals surface area contributed by atoms with Crippen molar-refractivity contribution >= 4 is 15.7 Å². The summed E-state index contributed by atoms with van der Waals surface area (Å²) in [5.74, 6) is -0.807. The van der Waals surface area contributed by atoms with Crippen molar-refractivity contribution in [2.75, 3.05) is 18.6 Å². The van der Waals surface area contributed by atoms with Crippen molar-refractivity contribution in [1.82, 2.24) is 5.32 Å². The fourth-order valence-corrected chi connectivity index (χ4v) is 1.96. The zero-order valence-corrected chi connectivity index (χ0v) is 11.0. The Morgan fingerprint density at radius 3 is 2.61 bits per heavy atom. The molecule has 4 nitrogen and oxygen atoms in total. The molecule has 0 aromatic heterocycles. The minimum Gasteiger partial charge on any atom is -0.356 e. The van der Waals surface area contributed by atoms with E-state index in [0.717, 1.165) is 6.26 Å². The second-order valence-electron chi connectivity index (χ2n) is 4.07. The first-order valence-corrected chi connectivity index (χ1v) is 7.62. The predicted octanol–water partition coefficient (Wildman–Crippen LogP) is 0.919. The molecule has 0 heterocycles. The summed E-state index contributed by atoms with van der Waals surface area (Å²) in [5.41, 5.74) is 0.529. The van der Waals surface area contributed by atoms with Gasteiger partial charge in [0.15, 0.2) is 0 Å². The van der Waals surface area contributed by atoms with Crippen LogP contribution >= 0.6 is 0 Å². The molecule has 0 spiro atoms. The number of amides is 1. The molecule has 0 saturated carbocycles. The molecule has 1 amide bonds. The Hall–Kier alpha value is -1.43. The van der Waals surface area contributed by atoms with Gasteiger partial charge >= 0.3 is 0 Å². The number of hydrogen-bond donors (Lipinski definition) is 1. The summed E-state index contributed by atoms with van der Waals surface area (Å²) >= 11 is 0. The number of halogens is 1. The van der Waals surface area contributed by atoms with E-state index in [-0.39, 0.29) is 23.9 Å². The fraction of sp³-hybridized carbons (Fsp3) is 0.417. The molecule has 0 saturated heterocycles. The Labute approximate surface area is 106 Å². The number of carbonyl (C=O) groups excluding carboxylic acids is 1. The van der Waals surface area contributed by atoms with Crippen LogP contribution in [0.5, 0.6) is 0 Å². The zero-order valence-electron chi connectivity index (χ0n) is 10.1. The van der Waals surface area contributed by atoms with Crippen molar-refractivity contribution in [2.45, 2.75) is 12.8 Å². The molecule has 0 aliphatic carbocycles. The Morgan fingerprint density at radius 2 is 2.00 bits per heavy atom. The number of carbonyl (C=O) groups is 1. The monoisotopic (exact) mass is 273 g/mol. The Morgan fingerprint density at radius 1 is 1.33 bits per heavy atom. The third kappa shape index (κ3) is 5.77. The number of sulfone groups is 1. The van der Waals surface area contributed by atoms with Crippen LogP contribution < -0.4 is 5.32 Å². The third-order valence-electron chi connectivity index (χ3n) is 2.37. The predicted molar refractivity (Wildman–Crippen MR) is 67.4 cm³/mol. The SMILES string of the molecule is CS(=O)(=O)CCC(=O)NCCc1ccccc1F. The molecule has 1 rings (SSSR count). The van der Waals surface area contributed by atoms with E-state index in [4.69, 9.17) is 0 Å². The average Bonchev–Trinajstić information content (AvgIpc) is 2.28. The summed E-state index contributed by atoms with van der Waals surface area (Å²) in [7, 11) is -3.12. The van der Waals surface area contributed by atoms with Crippen molar-refractivity contribution in [3.05, 3.63) is 35.6 Å². The van der Waals surface area contributed by atoms with E-state index in [1.54, 1.807) is 18.2 Å². The normalized spacial score (nSPS) is 11.2. The summed E-state index contributed by atoms with van der Waals surface area (Å²) < 4.78 is 34.9. The van der Waals surface area contributed by atoms with Crippen molar-refractivity contribution in [3.63, 3.8) is 0 Å². The molecule has 18 heavy (non-hydrogen) atoms. The lowest BCUT2D eigenvalue weighted by atomic mass is 10.1. The van der Waals surface area contributed by atoms with Crippen LogP contribution in [0.15, 0.2) is 24.3 Å². The van der Waals surface area contributed by atoms with Crippen LogP contribution in [0.1, 0.15) is 12.0 Å². The maximum Gasteiger partial charge on any atom is 0.221 e. The van der Waals surface area contributed by atoms with Gasteiger partial charge in [-0.05, 0) is 18.1 Å². The largest absolute Gasteiger partial charge is 0.356 e. The van der Waals surface area contributed by atoms with Gasteiger partial charge in [-0.1, -0.05) is 18.2 Å². The van der Waals surface area contributed by atoms with Crippen LogP contribution in [-0.4, -0.2) is 32.9 Å². The van der Waals surface area contributed by atoms with E-state index in [1.807, 2.05) is 0 Å². The molecular weight excluding hydrogens is 257 g/mol. The van der Waals surface area contributed by atoms with Gasteiger partial charge in [-0.3, -0.25) is 4.79 Å². The topological polar surface area (TPSA) is 63.2 Å². The van der Waals surface area contributed by atoms with Crippen LogP contribution in [0.3, 0.4) is 0 Å². The minimum absolute atomic E-state index is 0.0594. The highest BCUT2D eigenvalue weighted by Crippen LogP contribution is 2.06. The lowest BCUT2D eigenvalue weighted by molar-refractivity contribution is -0.120. The van der Waals surface area contributed by atoms with Crippen LogP contribution in [0.25, 0.3) is 0 Å². The van der Waals surface area contributed by atoms with Crippen LogP contribution in [-0.2, 0) is 21.1 Å². The maximum absolute atomic E-state index is 13.2. The van der Waals surface area contributed by atoms with E-state index in [1.165, 1.54) is 6.07 Å². The van der Waals surface area contributed by atoms with Gasteiger partial charge in [0, 0.05) is 19.2 Å². The van der Waals surface area contributed by atoms with Gasteiger partial charge in [-0.25, -0.2) is 12.8 Å². The van der Waals surface area contributed by atoms with Gasteiger partial charge in [0.25, 0.3) is 0 Å². The lowest BCUT2D eigenvalue weighted by Gasteiger charge is -2.05. The molecule has 0 fully saturated rings. The number of benzene rings is 1. The first kappa shape index (κ1) is 14.6. The molecule has 6 heteroatoms. The highest BCUT2D eigenvalue weighted by Gasteiger charge is 2.07. The van der Waals surface area contributed by atoms with Crippen molar-refractivity contribution in [2.24, 2.45) is 0 Å². The third-order valence-corrected chi connectivity index (χ3v) is 3.32.